The summed E-state index contributed by atoms with van der Waals surface area (Å²) < 4.78 is 28.0. The summed E-state index contributed by atoms with van der Waals surface area (Å²) in [7, 11) is -3.85. The molecule has 0 aliphatic carbocycles. The van der Waals surface area contributed by atoms with Crippen LogP contribution in [-0.4, -0.2) is 29.6 Å². The van der Waals surface area contributed by atoms with Gasteiger partial charge in [0.05, 0.1) is 16.8 Å². The maximum Gasteiger partial charge on any atom is 0.261 e. The van der Waals surface area contributed by atoms with Crippen molar-refractivity contribution in [2.75, 3.05) is 4.72 Å². The molecule has 0 saturated carbocycles. The molecule has 180 valence electrons. The van der Waals surface area contributed by atoms with Crippen LogP contribution in [0.3, 0.4) is 0 Å². The Morgan fingerprint density at radius 3 is 1.88 bits per heavy atom. The average Bonchev–Trinajstić information content (AvgIpc) is 2.85. The normalized spacial score (nSPS) is 9.73. The van der Waals surface area contributed by atoms with Crippen LogP contribution in [0.2, 0.25) is 0 Å². The third-order valence-electron chi connectivity index (χ3n) is 4.19. The highest BCUT2D eigenvalue weighted by Crippen LogP contribution is 2.26. The van der Waals surface area contributed by atoms with Gasteiger partial charge in [0.1, 0.15) is 5.69 Å². The number of aryl methyl sites for hydroxylation is 3. The van der Waals surface area contributed by atoms with Crippen LogP contribution >= 0.6 is 0 Å². The van der Waals surface area contributed by atoms with Gasteiger partial charge in [-0.1, -0.05) is 59.2 Å². The van der Waals surface area contributed by atoms with Crippen molar-refractivity contribution in [3.63, 3.8) is 0 Å². The first-order valence-electron chi connectivity index (χ1n) is 11.2. The van der Waals surface area contributed by atoms with E-state index in [2.05, 4.69) is 20.1 Å². The van der Waals surface area contributed by atoms with E-state index in [0.29, 0.717) is 0 Å². The molecule has 0 fully saturated rings. The minimum atomic E-state index is -3.85. The zero-order chi connectivity index (χ0) is 25.6. The van der Waals surface area contributed by atoms with E-state index in [9.17, 15) is 13.2 Å². The van der Waals surface area contributed by atoms with Crippen molar-refractivity contribution in [2.24, 2.45) is 0 Å². The fourth-order valence-electron chi connectivity index (χ4n) is 2.51. The van der Waals surface area contributed by atoms with Crippen LogP contribution in [0.15, 0.2) is 53.6 Å². The molecule has 33 heavy (non-hydrogen) atoms. The molecular formula is C25H36N4O3S. The summed E-state index contributed by atoms with van der Waals surface area (Å²) >= 11 is 0. The summed E-state index contributed by atoms with van der Waals surface area (Å²) in [6.07, 6.45) is 1.36. The first-order valence-corrected chi connectivity index (χ1v) is 12.7. The van der Waals surface area contributed by atoms with Gasteiger partial charge in [-0.3, -0.25) is 9.52 Å². The van der Waals surface area contributed by atoms with Crippen molar-refractivity contribution in [1.29, 1.82) is 0 Å². The molecule has 0 aliphatic heterocycles. The Bertz CT molecular complexity index is 1100. The van der Waals surface area contributed by atoms with Gasteiger partial charge in [0.2, 0.25) is 5.78 Å². The highest BCUT2D eigenvalue weighted by atomic mass is 32.2. The van der Waals surface area contributed by atoms with E-state index in [1.165, 1.54) is 24.4 Å². The van der Waals surface area contributed by atoms with Gasteiger partial charge in [0.25, 0.3) is 10.0 Å². The lowest BCUT2D eigenvalue weighted by Crippen LogP contribution is -2.17. The van der Waals surface area contributed by atoms with E-state index in [4.69, 9.17) is 0 Å². The molecule has 0 spiro atoms. The Morgan fingerprint density at radius 1 is 0.818 bits per heavy atom. The van der Waals surface area contributed by atoms with Crippen molar-refractivity contribution in [3.05, 3.63) is 76.6 Å². The van der Waals surface area contributed by atoms with Crippen LogP contribution in [0.4, 0.5) is 5.69 Å². The topological polar surface area (TPSA) is 102 Å². The van der Waals surface area contributed by atoms with Crippen LogP contribution in [0.5, 0.6) is 0 Å². The van der Waals surface area contributed by atoms with Crippen LogP contribution in [0.25, 0.3) is 0 Å². The third kappa shape index (κ3) is 8.38. The standard InChI is InChI=1S/C19H18N4O3S.3C2H6/c1-12-4-6-15(7-5-12)27(25,26)22-18-11-14(3)13(2)10-16(18)19(24)17-8-9-20-23-21-17;3*1-2/h4-11,22H,1-3H3;3*1-2H3. The fraction of sp³-hybridized carbons (Fsp3) is 0.360. The van der Waals surface area contributed by atoms with Gasteiger partial charge in [0.15, 0.2) is 0 Å². The van der Waals surface area contributed by atoms with Crippen LogP contribution < -0.4 is 4.72 Å². The smallest absolute Gasteiger partial charge is 0.261 e. The van der Waals surface area contributed by atoms with E-state index >= 15 is 0 Å². The number of benzene rings is 2. The Kier molecular flexibility index (Phi) is 13.4. The summed E-state index contributed by atoms with van der Waals surface area (Å²) in [5.74, 6) is -0.436. The minimum Gasteiger partial charge on any atom is -0.287 e. The quantitative estimate of drug-likeness (QED) is 0.463. The molecule has 0 atom stereocenters. The van der Waals surface area contributed by atoms with Gasteiger partial charge in [-0.05, 0) is 67.4 Å². The van der Waals surface area contributed by atoms with E-state index in [1.54, 1.807) is 24.3 Å². The van der Waals surface area contributed by atoms with Gasteiger partial charge >= 0.3 is 0 Å². The summed E-state index contributed by atoms with van der Waals surface area (Å²) in [4.78, 5) is 13.0. The molecule has 0 amide bonds. The molecule has 0 saturated heterocycles. The van der Waals surface area contributed by atoms with Crippen LogP contribution in [-0.2, 0) is 10.0 Å². The first-order chi connectivity index (χ1) is 15.8. The van der Waals surface area contributed by atoms with Gasteiger partial charge in [0, 0.05) is 5.56 Å². The Hall–Kier alpha value is -3.13. The van der Waals surface area contributed by atoms with Crippen LogP contribution in [0, 0.1) is 20.8 Å². The molecule has 8 heteroatoms. The van der Waals surface area contributed by atoms with Crippen LogP contribution in [0.1, 0.15) is 74.3 Å². The van der Waals surface area contributed by atoms with E-state index in [1.807, 2.05) is 62.3 Å². The summed E-state index contributed by atoms with van der Waals surface area (Å²) in [5.41, 5.74) is 3.15. The lowest BCUT2D eigenvalue weighted by molar-refractivity contribution is 0.103. The van der Waals surface area contributed by atoms with Crippen molar-refractivity contribution >= 4 is 21.5 Å². The zero-order valence-electron chi connectivity index (χ0n) is 21.1. The van der Waals surface area contributed by atoms with Crippen molar-refractivity contribution < 1.29 is 13.2 Å². The number of anilines is 1. The monoisotopic (exact) mass is 472 g/mol. The molecule has 3 aromatic rings. The second-order valence-electron chi connectivity index (χ2n) is 6.24. The SMILES string of the molecule is CC.CC.CC.Cc1ccc(S(=O)(=O)Nc2cc(C)c(C)cc2C(=O)c2ccnnn2)cc1. The maximum absolute atomic E-state index is 12.8. The number of nitrogens with zero attached hydrogens (tertiary/aromatic N) is 3. The largest absolute Gasteiger partial charge is 0.287 e. The molecular weight excluding hydrogens is 436 g/mol. The van der Waals surface area contributed by atoms with Crippen molar-refractivity contribution in [2.45, 2.75) is 67.2 Å². The second-order valence-corrected chi connectivity index (χ2v) is 7.92. The molecule has 0 radical (unpaired) electrons. The minimum absolute atomic E-state index is 0.0871. The first kappa shape index (κ1) is 29.9. The number of nitrogens with one attached hydrogen (secondary N) is 1. The maximum atomic E-state index is 12.8. The number of ketones is 1. The molecule has 0 bridgehead atoms. The Labute approximate surface area is 198 Å². The predicted molar refractivity (Wildman–Crippen MR) is 135 cm³/mol. The molecule has 0 unspecified atom stereocenters. The van der Waals surface area contributed by atoms with Gasteiger partial charge in [-0.25, -0.2) is 8.42 Å². The van der Waals surface area contributed by atoms with Crippen molar-refractivity contribution in [3.8, 4) is 0 Å². The highest BCUT2D eigenvalue weighted by molar-refractivity contribution is 7.92. The van der Waals surface area contributed by atoms with E-state index < -0.39 is 15.8 Å². The van der Waals surface area contributed by atoms with Gasteiger partial charge in [-0.15, -0.1) is 10.2 Å². The molecule has 2 aromatic carbocycles. The fourth-order valence-corrected chi connectivity index (χ4v) is 3.58. The number of hydrogen-bond donors (Lipinski definition) is 1. The molecule has 7 nitrogen and oxygen atoms in total. The predicted octanol–water partition coefficient (Wildman–Crippen LogP) is 5.91. The highest BCUT2D eigenvalue weighted by Gasteiger charge is 2.21. The van der Waals surface area contributed by atoms with Gasteiger partial charge < -0.3 is 0 Å². The number of carbonyl (C=O) groups is 1. The van der Waals surface area contributed by atoms with Crippen molar-refractivity contribution in [1.82, 2.24) is 15.4 Å². The third-order valence-corrected chi connectivity index (χ3v) is 5.57. The Balaban J connectivity index is 0.00000158. The molecule has 0 aliphatic rings. The molecule has 1 aromatic heterocycles. The number of sulfonamides is 1. The molecule has 1 heterocycles. The number of aromatic nitrogens is 3. The summed E-state index contributed by atoms with van der Waals surface area (Å²) in [6.45, 7) is 17.6. The number of carbonyl (C=O) groups excluding carboxylic acids is 1. The lowest BCUT2D eigenvalue weighted by Gasteiger charge is -2.14. The molecule has 1 N–H and O–H groups in total. The Morgan fingerprint density at radius 2 is 1.36 bits per heavy atom. The molecule has 3 rings (SSSR count). The number of hydrogen-bond acceptors (Lipinski definition) is 6. The summed E-state index contributed by atoms with van der Waals surface area (Å²) in [5, 5.41) is 10.8. The van der Waals surface area contributed by atoms with Gasteiger partial charge in [-0.2, -0.15) is 0 Å². The zero-order valence-corrected chi connectivity index (χ0v) is 21.9. The number of rotatable bonds is 5. The second kappa shape index (κ2) is 14.8. The van der Waals surface area contributed by atoms with E-state index in [0.717, 1.165) is 16.7 Å². The summed E-state index contributed by atoms with van der Waals surface area (Å²) in [6, 6.07) is 11.2. The average molecular weight is 473 g/mol. The van der Waals surface area contributed by atoms with E-state index in [-0.39, 0.29) is 21.8 Å². The lowest BCUT2D eigenvalue weighted by atomic mass is 10.00.